The molecule has 0 unspecified atom stereocenters. The third-order valence-corrected chi connectivity index (χ3v) is 5.79. The topological polar surface area (TPSA) is 76.3 Å². The maximum atomic E-state index is 13.1. The van der Waals surface area contributed by atoms with Gasteiger partial charge in [-0.2, -0.15) is 5.10 Å². The van der Waals surface area contributed by atoms with Crippen molar-refractivity contribution >= 4 is 11.6 Å². The quantitative estimate of drug-likeness (QED) is 0.595. The van der Waals surface area contributed by atoms with E-state index in [0.717, 1.165) is 36.6 Å². The molecule has 0 bridgehead atoms. The minimum Gasteiger partial charge on any atom is -0.368 e. The summed E-state index contributed by atoms with van der Waals surface area (Å²) in [5.74, 6) is 0.329. The van der Waals surface area contributed by atoms with Gasteiger partial charge in [-0.05, 0) is 38.5 Å². The Morgan fingerprint density at radius 2 is 1.75 bits per heavy atom. The molecule has 8 heteroatoms. The van der Waals surface area contributed by atoms with E-state index in [0.29, 0.717) is 25.5 Å². The molecule has 0 N–H and O–H groups in total. The fourth-order valence-corrected chi connectivity index (χ4v) is 4.15. The molecule has 1 aromatic carbocycles. The van der Waals surface area contributed by atoms with Crippen LogP contribution in [0.4, 0.5) is 5.69 Å². The first-order valence-electron chi connectivity index (χ1n) is 11.2. The standard InChI is InChI=1S/C24H30N6O2/c1-4-8-20-16-22(31)29(24(25-20)30-19(3)15-18(2)26-30)17-23(32)28-13-11-27(12-14-28)21-9-6-5-7-10-21/h5-7,9-10,15-16H,4,8,11-14,17H2,1-3H3. The second-order valence-corrected chi connectivity index (χ2v) is 8.26. The normalized spacial score (nSPS) is 14.1. The molecular weight excluding hydrogens is 404 g/mol. The number of para-hydroxylation sites is 1. The molecule has 1 saturated heterocycles. The van der Waals surface area contributed by atoms with Gasteiger partial charge in [-0.3, -0.25) is 14.2 Å². The Hall–Kier alpha value is -3.42. The van der Waals surface area contributed by atoms with Gasteiger partial charge in [0.2, 0.25) is 11.9 Å². The number of amides is 1. The van der Waals surface area contributed by atoms with E-state index in [1.165, 1.54) is 10.3 Å². The number of carbonyl (C=O) groups is 1. The Balaban J connectivity index is 1.55. The molecule has 8 nitrogen and oxygen atoms in total. The second-order valence-electron chi connectivity index (χ2n) is 8.26. The molecule has 3 aromatic rings. The van der Waals surface area contributed by atoms with Crippen molar-refractivity contribution in [3.8, 4) is 5.95 Å². The van der Waals surface area contributed by atoms with Crippen LogP contribution in [-0.4, -0.2) is 56.3 Å². The molecule has 1 aliphatic heterocycles. The summed E-state index contributed by atoms with van der Waals surface area (Å²) in [5, 5.41) is 4.51. The summed E-state index contributed by atoms with van der Waals surface area (Å²) in [6, 6.07) is 13.7. The highest BCUT2D eigenvalue weighted by atomic mass is 16.2. The molecule has 0 aliphatic carbocycles. The Labute approximate surface area is 188 Å². The molecule has 1 amide bonds. The molecule has 2 aromatic heterocycles. The number of hydrogen-bond acceptors (Lipinski definition) is 5. The van der Waals surface area contributed by atoms with E-state index in [9.17, 15) is 9.59 Å². The van der Waals surface area contributed by atoms with Gasteiger partial charge in [0.05, 0.1) is 5.69 Å². The van der Waals surface area contributed by atoms with E-state index in [-0.39, 0.29) is 18.0 Å². The third-order valence-electron chi connectivity index (χ3n) is 5.79. The zero-order valence-corrected chi connectivity index (χ0v) is 19.0. The minimum atomic E-state index is -0.220. The van der Waals surface area contributed by atoms with Gasteiger partial charge in [0, 0.05) is 49.3 Å². The van der Waals surface area contributed by atoms with E-state index < -0.39 is 0 Å². The first-order chi connectivity index (χ1) is 15.5. The van der Waals surface area contributed by atoms with Crippen molar-refractivity contribution in [2.75, 3.05) is 31.1 Å². The lowest BCUT2D eigenvalue weighted by Gasteiger charge is -2.36. The largest absolute Gasteiger partial charge is 0.368 e. The molecular formula is C24H30N6O2. The zero-order valence-electron chi connectivity index (χ0n) is 19.0. The maximum Gasteiger partial charge on any atom is 0.255 e. The highest BCUT2D eigenvalue weighted by Crippen LogP contribution is 2.16. The van der Waals surface area contributed by atoms with Crippen LogP contribution in [0.5, 0.6) is 0 Å². The summed E-state index contributed by atoms with van der Waals surface area (Å²) >= 11 is 0. The maximum absolute atomic E-state index is 13.1. The Morgan fingerprint density at radius 3 is 2.38 bits per heavy atom. The average Bonchev–Trinajstić information content (AvgIpc) is 3.14. The number of nitrogens with zero attached hydrogens (tertiary/aromatic N) is 6. The summed E-state index contributed by atoms with van der Waals surface area (Å²) in [4.78, 5) is 34.9. The van der Waals surface area contributed by atoms with Crippen LogP contribution in [0.3, 0.4) is 0 Å². The van der Waals surface area contributed by atoms with Crippen molar-refractivity contribution in [2.45, 2.75) is 40.2 Å². The average molecular weight is 435 g/mol. The number of aromatic nitrogens is 4. The van der Waals surface area contributed by atoms with Crippen molar-refractivity contribution in [3.63, 3.8) is 0 Å². The molecule has 0 atom stereocenters. The summed E-state index contributed by atoms with van der Waals surface area (Å²) in [5.41, 5.74) is 3.38. The van der Waals surface area contributed by atoms with E-state index in [1.807, 2.05) is 43.0 Å². The van der Waals surface area contributed by atoms with Crippen LogP contribution < -0.4 is 10.5 Å². The lowest BCUT2D eigenvalue weighted by molar-refractivity contribution is -0.132. The van der Waals surface area contributed by atoms with Crippen molar-refractivity contribution in [2.24, 2.45) is 0 Å². The van der Waals surface area contributed by atoms with Crippen LogP contribution in [-0.2, 0) is 17.8 Å². The number of aryl methyl sites for hydroxylation is 3. The molecule has 32 heavy (non-hydrogen) atoms. The Bertz CT molecular complexity index is 1140. The predicted molar refractivity (Wildman–Crippen MR) is 124 cm³/mol. The van der Waals surface area contributed by atoms with Gasteiger partial charge < -0.3 is 9.80 Å². The van der Waals surface area contributed by atoms with E-state index in [1.54, 1.807) is 10.7 Å². The fraction of sp³-hybridized carbons (Fsp3) is 0.417. The predicted octanol–water partition coefficient (Wildman–Crippen LogP) is 2.35. The lowest BCUT2D eigenvalue weighted by atomic mass is 10.2. The Morgan fingerprint density at radius 1 is 1.03 bits per heavy atom. The van der Waals surface area contributed by atoms with Gasteiger partial charge in [-0.25, -0.2) is 9.67 Å². The molecule has 4 rings (SSSR count). The highest BCUT2D eigenvalue weighted by Gasteiger charge is 2.23. The van der Waals surface area contributed by atoms with E-state index in [4.69, 9.17) is 4.98 Å². The van der Waals surface area contributed by atoms with Crippen LogP contribution >= 0.6 is 0 Å². The summed E-state index contributed by atoms with van der Waals surface area (Å²) < 4.78 is 3.11. The third kappa shape index (κ3) is 4.59. The van der Waals surface area contributed by atoms with Gasteiger partial charge in [0.15, 0.2) is 0 Å². The fourth-order valence-electron chi connectivity index (χ4n) is 4.15. The number of hydrogen-bond donors (Lipinski definition) is 0. The number of piperazine rings is 1. The summed E-state index contributed by atoms with van der Waals surface area (Å²) in [7, 11) is 0. The van der Waals surface area contributed by atoms with Gasteiger partial charge in [0.25, 0.3) is 5.56 Å². The number of benzene rings is 1. The summed E-state index contributed by atoms with van der Waals surface area (Å²) in [6.45, 7) is 8.61. The van der Waals surface area contributed by atoms with E-state index >= 15 is 0 Å². The molecule has 0 spiro atoms. The minimum absolute atomic E-state index is 0.0444. The second kappa shape index (κ2) is 9.38. The van der Waals surface area contributed by atoms with Crippen molar-refractivity contribution in [1.82, 2.24) is 24.2 Å². The molecule has 168 valence electrons. The highest BCUT2D eigenvalue weighted by molar-refractivity contribution is 5.76. The molecule has 0 saturated carbocycles. The van der Waals surface area contributed by atoms with Crippen LogP contribution in [0.1, 0.15) is 30.4 Å². The first-order valence-corrected chi connectivity index (χ1v) is 11.2. The molecule has 1 fully saturated rings. The van der Waals surface area contributed by atoms with E-state index in [2.05, 4.69) is 29.1 Å². The molecule has 3 heterocycles. The van der Waals surface area contributed by atoms with Crippen molar-refractivity contribution < 1.29 is 4.79 Å². The number of carbonyl (C=O) groups excluding carboxylic acids is 1. The monoisotopic (exact) mass is 434 g/mol. The van der Waals surface area contributed by atoms with Crippen molar-refractivity contribution in [3.05, 3.63) is 69.9 Å². The first kappa shape index (κ1) is 21.8. The smallest absolute Gasteiger partial charge is 0.255 e. The van der Waals surface area contributed by atoms with Gasteiger partial charge >= 0.3 is 0 Å². The van der Waals surface area contributed by atoms with Crippen LogP contribution in [0.2, 0.25) is 0 Å². The number of anilines is 1. The van der Waals surface area contributed by atoms with Gasteiger partial charge in [-0.1, -0.05) is 31.5 Å². The SMILES string of the molecule is CCCc1cc(=O)n(CC(=O)N2CCN(c3ccccc3)CC2)c(-n2nc(C)cc2C)n1. The van der Waals surface area contributed by atoms with Gasteiger partial charge in [0.1, 0.15) is 6.54 Å². The van der Waals surface area contributed by atoms with Gasteiger partial charge in [-0.15, -0.1) is 0 Å². The van der Waals surface area contributed by atoms with Crippen molar-refractivity contribution in [1.29, 1.82) is 0 Å². The van der Waals surface area contributed by atoms with Crippen LogP contribution in [0.25, 0.3) is 5.95 Å². The summed E-state index contributed by atoms with van der Waals surface area (Å²) in [6.07, 6.45) is 1.59. The zero-order chi connectivity index (χ0) is 22.7. The lowest BCUT2D eigenvalue weighted by Crippen LogP contribution is -2.50. The molecule has 0 radical (unpaired) electrons. The van der Waals surface area contributed by atoms with Crippen LogP contribution in [0, 0.1) is 13.8 Å². The number of rotatable bonds is 6. The van der Waals surface area contributed by atoms with Crippen LogP contribution in [0.15, 0.2) is 47.3 Å². The Kier molecular flexibility index (Phi) is 6.39. The molecule has 1 aliphatic rings.